The van der Waals surface area contributed by atoms with E-state index in [1.54, 1.807) is 11.3 Å². The van der Waals surface area contributed by atoms with Gasteiger partial charge in [0, 0.05) is 37.0 Å². The number of rotatable bonds is 4. The van der Waals surface area contributed by atoms with Gasteiger partial charge < -0.3 is 24.4 Å². The number of piperidine rings is 1. The van der Waals surface area contributed by atoms with E-state index < -0.39 is 0 Å². The van der Waals surface area contributed by atoms with Gasteiger partial charge in [-0.2, -0.15) is 0 Å². The SMILES string of the molecule is O=C(NC1CC1)c1cc2c(s1)CCOC21CCN(CC2COCCO2)CC1. The molecule has 1 spiro atoms. The summed E-state index contributed by atoms with van der Waals surface area (Å²) < 4.78 is 17.7. The number of hydrogen-bond acceptors (Lipinski definition) is 6. The van der Waals surface area contributed by atoms with Gasteiger partial charge in [-0.25, -0.2) is 0 Å². The summed E-state index contributed by atoms with van der Waals surface area (Å²) in [5.74, 6) is 0.0962. The van der Waals surface area contributed by atoms with E-state index in [1.165, 1.54) is 10.4 Å². The number of carbonyl (C=O) groups is 1. The Labute approximate surface area is 164 Å². The molecule has 1 amide bonds. The van der Waals surface area contributed by atoms with Crippen molar-refractivity contribution >= 4 is 17.2 Å². The molecule has 1 aliphatic carbocycles. The highest BCUT2D eigenvalue weighted by Crippen LogP contribution is 2.44. The van der Waals surface area contributed by atoms with E-state index >= 15 is 0 Å². The van der Waals surface area contributed by atoms with Crippen LogP contribution in [0.3, 0.4) is 0 Å². The first kappa shape index (κ1) is 18.1. The van der Waals surface area contributed by atoms with Crippen LogP contribution < -0.4 is 5.32 Å². The monoisotopic (exact) mass is 392 g/mol. The summed E-state index contributed by atoms with van der Waals surface area (Å²) in [6.45, 7) is 5.81. The molecule has 4 aliphatic rings. The van der Waals surface area contributed by atoms with Gasteiger partial charge in [-0.1, -0.05) is 0 Å². The van der Waals surface area contributed by atoms with Crippen LogP contribution in [0.25, 0.3) is 0 Å². The number of hydrogen-bond donors (Lipinski definition) is 1. The van der Waals surface area contributed by atoms with Crippen LogP contribution in [-0.2, 0) is 26.2 Å². The number of nitrogens with zero attached hydrogens (tertiary/aromatic N) is 1. The Hall–Kier alpha value is -0.990. The summed E-state index contributed by atoms with van der Waals surface area (Å²) in [5.41, 5.74) is 1.07. The highest BCUT2D eigenvalue weighted by atomic mass is 32.1. The fourth-order valence-electron chi connectivity index (χ4n) is 4.45. The molecule has 0 radical (unpaired) electrons. The number of carbonyl (C=O) groups excluding carboxylic acids is 1. The third-order valence-corrected chi connectivity index (χ3v) is 7.35. The van der Waals surface area contributed by atoms with Crippen molar-refractivity contribution in [1.29, 1.82) is 0 Å². The normalized spacial score (nSPS) is 28.1. The third-order valence-electron chi connectivity index (χ3n) is 6.15. The molecule has 2 saturated heterocycles. The molecule has 4 heterocycles. The van der Waals surface area contributed by atoms with Gasteiger partial charge in [0.2, 0.25) is 0 Å². The predicted molar refractivity (Wildman–Crippen MR) is 102 cm³/mol. The molecule has 6 nitrogen and oxygen atoms in total. The quantitative estimate of drug-likeness (QED) is 0.848. The predicted octanol–water partition coefficient (Wildman–Crippen LogP) is 1.92. The van der Waals surface area contributed by atoms with Gasteiger partial charge >= 0.3 is 0 Å². The molecule has 5 rings (SSSR count). The van der Waals surface area contributed by atoms with Crippen LogP contribution in [0.15, 0.2) is 6.07 Å². The maximum Gasteiger partial charge on any atom is 0.261 e. The molecular formula is C20H28N2O4S. The van der Waals surface area contributed by atoms with Crippen molar-refractivity contribution in [2.75, 3.05) is 46.1 Å². The molecule has 1 N–H and O–H groups in total. The topological polar surface area (TPSA) is 60.0 Å². The van der Waals surface area contributed by atoms with Gasteiger partial charge in [0.25, 0.3) is 5.91 Å². The van der Waals surface area contributed by atoms with Gasteiger partial charge in [-0.15, -0.1) is 11.3 Å². The second-order valence-corrected chi connectivity index (χ2v) is 9.29. The van der Waals surface area contributed by atoms with E-state index in [0.717, 1.165) is 63.2 Å². The Morgan fingerprint density at radius 3 is 2.85 bits per heavy atom. The zero-order valence-electron chi connectivity index (χ0n) is 15.7. The van der Waals surface area contributed by atoms with Crippen molar-refractivity contribution in [1.82, 2.24) is 10.2 Å². The average Bonchev–Trinajstić information content (AvgIpc) is 3.39. The Morgan fingerprint density at radius 1 is 1.26 bits per heavy atom. The van der Waals surface area contributed by atoms with Gasteiger partial charge in [-0.05, 0) is 37.3 Å². The van der Waals surface area contributed by atoms with Gasteiger partial charge in [0.05, 0.1) is 43.0 Å². The fraction of sp³-hybridized carbons (Fsp3) is 0.750. The van der Waals surface area contributed by atoms with Crippen molar-refractivity contribution in [3.8, 4) is 0 Å². The Balaban J connectivity index is 1.26. The zero-order valence-corrected chi connectivity index (χ0v) is 16.5. The first-order chi connectivity index (χ1) is 13.2. The van der Waals surface area contributed by atoms with E-state index in [9.17, 15) is 4.79 Å². The van der Waals surface area contributed by atoms with E-state index in [-0.39, 0.29) is 17.6 Å². The van der Waals surface area contributed by atoms with Crippen LogP contribution in [0.2, 0.25) is 0 Å². The average molecular weight is 393 g/mol. The molecule has 1 saturated carbocycles. The highest BCUT2D eigenvalue weighted by molar-refractivity contribution is 7.14. The van der Waals surface area contributed by atoms with Crippen LogP contribution >= 0.6 is 11.3 Å². The minimum atomic E-state index is -0.206. The summed E-state index contributed by atoms with van der Waals surface area (Å²) in [7, 11) is 0. The molecule has 1 aromatic rings. The Kier molecular flexibility index (Phi) is 4.98. The second-order valence-electron chi connectivity index (χ2n) is 8.16. The number of ether oxygens (including phenoxy) is 3. The highest BCUT2D eigenvalue weighted by Gasteiger charge is 2.42. The lowest BCUT2D eigenvalue weighted by atomic mass is 9.82. The van der Waals surface area contributed by atoms with E-state index in [2.05, 4.69) is 16.3 Å². The lowest BCUT2D eigenvalue weighted by Crippen LogP contribution is -2.49. The smallest absolute Gasteiger partial charge is 0.261 e. The number of fused-ring (bicyclic) bond motifs is 2. The molecule has 1 unspecified atom stereocenters. The molecule has 3 aliphatic heterocycles. The summed E-state index contributed by atoms with van der Waals surface area (Å²) in [4.78, 5) is 17.2. The lowest BCUT2D eigenvalue weighted by molar-refractivity contribution is -0.120. The standard InChI is InChI=1S/C20H28N2O4S/c23-19(21-14-1-2-14)18-11-16-17(27-18)3-8-26-20(16)4-6-22(7-5-20)12-15-13-24-9-10-25-15/h11,14-15H,1-10,12-13H2,(H,21,23). The van der Waals surface area contributed by atoms with Crippen molar-refractivity contribution < 1.29 is 19.0 Å². The second kappa shape index (κ2) is 7.44. The first-order valence-corrected chi connectivity index (χ1v) is 11.0. The molecule has 1 aromatic heterocycles. The summed E-state index contributed by atoms with van der Waals surface area (Å²) in [5, 5.41) is 3.12. The number of amides is 1. The minimum absolute atomic E-state index is 0.0962. The van der Waals surface area contributed by atoms with Crippen molar-refractivity contribution in [3.05, 3.63) is 21.4 Å². The van der Waals surface area contributed by atoms with Gasteiger partial charge in [0.1, 0.15) is 0 Å². The largest absolute Gasteiger partial charge is 0.376 e. The van der Waals surface area contributed by atoms with Crippen LogP contribution in [0, 0.1) is 0 Å². The number of thiophene rings is 1. The van der Waals surface area contributed by atoms with E-state index in [0.29, 0.717) is 25.9 Å². The molecule has 148 valence electrons. The summed E-state index contributed by atoms with van der Waals surface area (Å²) in [6.07, 6.45) is 5.32. The maximum absolute atomic E-state index is 12.5. The molecule has 0 aromatic carbocycles. The van der Waals surface area contributed by atoms with Crippen LogP contribution in [0.4, 0.5) is 0 Å². The fourth-order valence-corrected chi connectivity index (χ4v) is 5.59. The van der Waals surface area contributed by atoms with Crippen LogP contribution in [0.1, 0.15) is 45.8 Å². The number of likely N-dealkylation sites (tertiary alicyclic amines) is 1. The zero-order chi connectivity index (χ0) is 18.3. The number of nitrogens with one attached hydrogen (secondary N) is 1. The van der Waals surface area contributed by atoms with Crippen molar-refractivity contribution in [2.45, 2.75) is 49.9 Å². The van der Waals surface area contributed by atoms with Gasteiger partial charge in [-0.3, -0.25) is 4.79 Å². The van der Waals surface area contributed by atoms with Crippen molar-refractivity contribution in [3.63, 3.8) is 0 Å². The van der Waals surface area contributed by atoms with Gasteiger partial charge in [0.15, 0.2) is 0 Å². The van der Waals surface area contributed by atoms with Crippen molar-refractivity contribution in [2.24, 2.45) is 0 Å². The molecule has 3 fully saturated rings. The Bertz CT molecular complexity index is 688. The van der Waals surface area contributed by atoms with E-state index in [4.69, 9.17) is 14.2 Å². The molecule has 0 bridgehead atoms. The summed E-state index contributed by atoms with van der Waals surface area (Å²) >= 11 is 1.67. The van der Waals surface area contributed by atoms with E-state index in [1.807, 2.05) is 0 Å². The lowest BCUT2D eigenvalue weighted by Gasteiger charge is -2.44. The third kappa shape index (κ3) is 3.80. The minimum Gasteiger partial charge on any atom is -0.376 e. The Morgan fingerprint density at radius 2 is 2.11 bits per heavy atom. The molecular weight excluding hydrogens is 364 g/mol. The molecule has 1 atom stereocenters. The van der Waals surface area contributed by atoms with Crippen LogP contribution in [0.5, 0.6) is 0 Å². The molecule has 7 heteroatoms. The summed E-state index contributed by atoms with van der Waals surface area (Å²) in [6, 6.07) is 2.51. The first-order valence-electron chi connectivity index (χ1n) is 10.2. The van der Waals surface area contributed by atoms with Crippen LogP contribution in [-0.4, -0.2) is 69.0 Å². The maximum atomic E-state index is 12.5. The molecule has 27 heavy (non-hydrogen) atoms.